The van der Waals surface area contributed by atoms with E-state index < -0.39 is 0 Å². The fourth-order valence-electron chi connectivity index (χ4n) is 4.91. The van der Waals surface area contributed by atoms with Crippen molar-refractivity contribution in [1.82, 2.24) is 10.2 Å². The van der Waals surface area contributed by atoms with Gasteiger partial charge < -0.3 is 5.32 Å². The monoisotopic (exact) mass is 236 g/mol. The number of nitrogens with zero attached hydrogens (tertiary/aromatic N) is 1. The van der Waals surface area contributed by atoms with Gasteiger partial charge in [0.25, 0.3) is 0 Å². The zero-order valence-corrected chi connectivity index (χ0v) is 11.9. The standard InChI is InChI=1S/C15H28N2/c1-10-9-16-5-6-17(10)14-8-12-7-13(11(14)2)15(12,3)4/h10-14,16H,5-9H2,1-4H3/t10?,11-,12-,13+,14-/m0/s1. The maximum absolute atomic E-state index is 3.52. The molecule has 2 bridgehead atoms. The van der Waals surface area contributed by atoms with Gasteiger partial charge in [-0.3, -0.25) is 4.90 Å². The van der Waals surface area contributed by atoms with Crippen LogP contribution in [0.4, 0.5) is 0 Å². The van der Waals surface area contributed by atoms with Gasteiger partial charge in [-0.1, -0.05) is 20.8 Å². The van der Waals surface area contributed by atoms with E-state index in [4.69, 9.17) is 0 Å². The quantitative estimate of drug-likeness (QED) is 0.752. The molecule has 1 N–H and O–H groups in total. The van der Waals surface area contributed by atoms with Gasteiger partial charge >= 0.3 is 0 Å². The first-order chi connectivity index (χ1) is 8.01. The Morgan fingerprint density at radius 3 is 2.53 bits per heavy atom. The summed E-state index contributed by atoms with van der Waals surface area (Å²) in [5, 5.41) is 3.52. The lowest BCUT2D eigenvalue weighted by atomic mass is 9.44. The maximum atomic E-state index is 3.52. The van der Waals surface area contributed by atoms with Gasteiger partial charge in [-0.2, -0.15) is 0 Å². The van der Waals surface area contributed by atoms with Gasteiger partial charge in [0.2, 0.25) is 0 Å². The number of piperazine rings is 1. The minimum absolute atomic E-state index is 0.632. The molecule has 0 aromatic heterocycles. The zero-order chi connectivity index (χ0) is 12.2. The normalized spacial score (nSPS) is 49.8. The molecule has 0 aromatic carbocycles. The Hall–Kier alpha value is -0.0800. The summed E-state index contributed by atoms with van der Waals surface area (Å²) < 4.78 is 0. The van der Waals surface area contributed by atoms with E-state index in [-0.39, 0.29) is 0 Å². The molecule has 0 aromatic rings. The van der Waals surface area contributed by atoms with E-state index in [1.165, 1.54) is 32.5 Å². The van der Waals surface area contributed by atoms with Crippen LogP contribution < -0.4 is 5.32 Å². The largest absolute Gasteiger partial charge is 0.314 e. The van der Waals surface area contributed by atoms with Crippen molar-refractivity contribution in [3.63, 3.8) is 0 Å². The lowest BCUT2D eigenvalue weighted by Crippen LogP contribution is -2.64. The topological polar surface area (TPSA) is 15.3 Å². The Bertz CT molecular complexity index is 299. The molecule has 4 aliphatic rings. The Labute approximate surface area is 106 Å². The summed E-state index contributed by atoms with van der Waals surface area (Å²) >= 11 is 0. The van der Waals surface area contributed by atoms with Gasteiger partial charge in [0.1, 0.15) is 0 Å². The van der Waals surface area contributed by atoms with Gasteiger partial charge in [-0.05, 0) is 42.9 Å². The molecule has 2 nitrogen and oxygen atoms in total. The molecule has 3 saturated carbocycles. The predicted molar refractivity (Wildman–Crippen MR) is 72.0 cm³/mol. The summed E-state index contributed by atoms with van der Waals surface area (Å²) in [5.74, 6) is 2.87. The van der Waals surface area contributed by atoms with Crippen molar-refractivity contribution in [2.24, 2.45) is 23.2 Å². The molecule has 0 radical (unpaired) electrons. The Morgan fingerprint density at radius 2 is 1.94 bits per heavy atom. The molecule has 98 valence electrons. The van der Waals surface area contributed by atoms with E-state index in [1.54, 1.807) is 0 Å². The van der Waals surface area contributed by atoms with Gasteiger partial charge in [-0.25, -0.2) is 0 Å². The highest BCUT2D eigenvalue weighted by Crippen LogP contribution is 2.62. The highest BCUT2D eigenvalue weighted by atomic mass is 15.2. The molecule has 5 atom stereocenters. The number of hydrogen-bond acceptors (Lipinski definition) is 2. The van der Waals surface area contributed by atoms with Crippen LogP contribution in [0, 0.1) is 23.2 Å². The first-order valence-corrected chi connectivity index (χ1v) is 7.48. The predicted octanol–water partition coefficient (Wildman–Crippen LogP) is 2.35. The number of hydrogen-bond donors (Lipinski definition) is 1. The third kappa shape index (κ3) is 1.67. The highest BCUT2D eigenvalue weighted by molar-refractivity contribution is 5.08. The molecular weight excluding hydrogens is 208 g/mol. The first-order valence-electron chi connectivity index (χ1n) is 7.48. The van der Waals surface area contributed by atoms with E-state index in [2.05, 4.69) is 37.9 Å². The van der Waals surface area contributed by atoms with Crippen molar-refractivity contribution >= 4 is 0 Å². The maximum Gasteiger partial charge on any atom is 0.0195 e. The molecule has 4 rings (SSSR count). The molecular formula is C15H28N2. The van der Waals surface area contributed by atoms with Gasteiger partial charge in [-0.15, -0.1) is 0 Å². The van der Waals surface area contributed by atoms with E-state index >= 15 is 0 Å². The summed E-state index contributed by atoms with van der Waals surface area (Å²) in [6.07, 6.45) is 2.96. The summed E-state index contributed by atoms with van der Waals surface area (Å²) in [5.41, 5.74) is 0.632. The molecule has 1 aliphatic heterocycles. The minimum atomic E-state index is 0.632. The first kappa shape index (κ1) is 12.0. The molecule has 0 amide bonds. The summed E-state index contributed by atoms with van der Waals surface area (Å²) in [7, 11) is 0. The number of fused-ring (bicyclic) bond motifs is 2. The van der Waals surface area contributed by atoms with Crippen molar-refractivity contribution < 1.29 is 0 Å². The van der Waals surface area contributed by atoms with Crippen LogP contribution in [0.2, 0.25) is 0 Å². The van der Waals surface area contributed by atoms with Crippen LogP contribution in [0.15, 0.2) is 0 Å². The summed E-state index contributed by atoms with van der Waals surface area (Å²) in [6.45, 7) is 13.5. The molecule has 1 heterocycles. The van der Waals surface area contributed by atoms with Crippen LogP contribution in [-0.4, -0.2) is 36.6 Å². The fraction of sp³-hybridized carbons (Fsp3) is 1.00. The third-order valence-corrected chi connectivity index (χ3v) is 6.29. The van der Waals surface area contributed by atoms with Crippen LogP contribution >= 0.6 is 0 Å². The second kappa shape index (κ2) is 3.96. The molecule has 17 heavy (non-hydrogen) atoms. The molecule has 2 heteroatoms. The lowest BCUT2D eigenvalue weighted by Gasteiger charge is -2.64. The average molecular weight is 236 g/mol. The van der Waals surface area contributed by atoms with E-state index in [1.807, 2.05) is 0 Å². The number of rotatable bonds is 1. The van der Waals surface area contributed by atoms with Crippen LogP contribution in [0.5, 0.6) is 0 Å². The van der Waals surface area contributed by atoms with Crippen molar-refractivity contribution in [2.45, 2.75) is 52.6 Å². The lowest BCUT2D eigenvalue weighted by molar-refractivity contribution is -0.145. The van der Waals surface area contributed by atoms with E-state index in [0.29, 0.717) is 5.41 Å². The van der Waals surface area contributed by atoms with Crippen molar-refractivity contribution in [1.29, 1.82) is 0 Å². The van der Waals surface area contributed by atoms with Gasteiger partial charge in [0.15, 0.2) is 0 Å². The van der Waals surface area contributed by atoms with Crippen LogP contribution in [-0.2, 0) is 0 Å². The molecule has 4 fully saturated rings. The summed E-state index contributed by atoms with van der Waals surface area (Å²) in [4.78, 5) is 2.80. The second-order valence-corrected chi connectivity index (χ2v) is 7.31. The second-order valence-electron chi connectivity index (χ2n) is 7.31. The van der Waals surface area contributed by atoms with Crippen LogP contribution in [0.3, 0.4) is 0 Å². The van der Waals surface area contributed by atoms with Crippen LogP contribution in [0.25, 0.3) is 0 Å². The van der Waals surface area contributed by atoms with Crippen LogP contribution in [0.1, 0.15) is 40.5 Å². The van der Waals surface area contributed by atoms with Crippen molar-refractivity contribution in [3.8, 4) is 0 Å². The molecule has 1 saturated heterocycles. The van der Waals surface area contributed by atoms with Gasteiger partial charge in [0.05, 0.1) is 0 Å². The fourth-order valence-corrected chi connectivity index (χ4v) is 4.91. The highest BCUT2D eigenvalue weighted by Gasteiger charge is 2.57. The smallest absolute Gasteiger partial charge is 0.0195 e. The van der Waals surface area contributed by atoms with Crippen molar-refractivity contribution in [2.75, 3.05) is 19.6 Å². The average Bonchev–Trinajstić information content (AvgIpc) is 2.29. The molecule has 3 aliphatic carbocycles. The Balaban J connectivity index is 1.73. The zero-order valence-electron chi connectivity index (χ0n) is 11.9. The van der Waals surface area contributed by atoms with E-state index in [9.17, 15) is 0 Å². The van der Waals surface area contributed by atoms with Crippen molar-refractivity contribution in [3.05, 3.63) is 0 Å². The molecule has 1 unspecified atom stereocenters. The summed E-state index contributed by atoms with van der Waals surface area (Å²) in [6, 6.07) is 1.60. The molecule has 0 spiro atoms. The third-order valence-electron chi connectivity index (χ3n) is 6.29. The number of nitrogens with one attached hydrogen (secondary N) is 1. The van der Waals surface area contributed by atoms with Gasteiger partial charge in [0, 0.05) is 31.7 Å². The Kier molecular flexibility index (Phi) is 2.79. The SMILES string of the molecule is CC1CNCCN1[C@H]1C[C@@H]2C[C@H]([C@@H]1C)C2(C)C. The Morgan fingerprint density at radius 1 is 1.18 bits per heavy atom. The van der Waals surface area contributed by atoms with E-state index in [0.717, 1.165) is 29.8 Å². The minimum Gasteiger partial charge on any atom is -0.314 e.